The molecule has 7 heteroatoms. The summed E-state index contributed by atoms with van der Waals surface area (Å²) >= 11 is 7.57. The van der Waals surface area contributed by atoms with E-state index in [-0.39, 0.29) is 18.3 Å². The second kappa shape index (κ2) is 8.42. The Morgan fingerprint density at radius 1 is 1.40 bits per heavy atom. The highest BCUT2D eigenvalue weighted by atomic mass is 35.5. The normalized spacial score (nSPS) is 10.3. The Balaban J connectivity index is 0.00000200. The standard InChI is InChI=1S/C13H16ClN3OS.ClH/c1-15-6-4-12(18)16-7-5-13-17-10-8-9(14)2-3-11(10)19-13;/h2-3,8,15H,4-7H2,1H3,(H,16,18);1H. The summed E-state index contributed by atoms with van der Waals surface area (Å²) in [5.74, 6) is 0.0681. The van der Waals surface area contributed by atoms with Gasteiger partial charge in [0.1, 0.15) is 0 Å². The Morgan fingerprint density at radius 2 is 2.20 bits per heavy atom. The number of fused-ring (bicyclic) bond motifs is 1. The van der Waals surface area contributed by atoms with Gasteiger partial charge in [-0.1, -0.05) is 11.6 Å². The van der Waals surface area contributed by atoms with Crippen molar-refractivity contribution in [2.75, 3.05) is 20.1 Å². The van der Waals surface area contributed by atoms with Crippen LogP contribution in [0.3, 0.4) is 0 Å². The molecule has 0 aliphatic rings. The molecule has 2 rings (SSSR count). The van der Waals surface area contributed by atoms with Crippen LogP contribution >= 0.6 is 35.3 Å². The molecular weight excluding hydrogens is 317 g/mol. The predicted octanol–water partition coefficient (Wildman–Crippen LogP) is 2.64. The lowest BCUT2D eigenvalue weighted by molar-refractivity contribution is -0.120. The molecule has 0 radical (unpaired) electrons. The number of amides is 1. The third kappa shape index (κ3) is 4.90. The Bertz CT molecular complexity index is 574. The van der Waals surface area contributed by atoms with E-state index in [1.807, 2.05) is 25.2 Å². The molecular formula is C13H17Cl2N3OS. The second-order valence-corrected chi connectivity index (χ2v) is 5.72. The van der Waals surface area contributed by atoms with Crippen molar-refractivity contribution in [3.05, 3.63) is 28.2 Å². The zero-order valence-corrected chi connectivity index (χ0v) is 13.5. The third-order valence-electron chi connectivity index (χ3n) is 2.66. The number of carbonyl (C=O) groups is 1. The van der Waals surface area contributed by atoms with Gasteiger partial charge >= 0.3 is 0 Å². The molecule has 110 valence electrons. The summed E-state index contributed by atoms with van der Waals surface area (Å²) in [6.45, 7) is 1.32. The van der Waals surface area contributed by atoms with Gasteiger partial charge in [-0.05, 0) is 25.2 Å². The van der Waals surface area contributed by atoms with Crippen LogP contribution in [0.5, 0.6) is 0 Å². The van der Waals surface area contributed by atoms with Crippen LogP contribution in [0.1, 0.15) is 11.4 Å². The van der Waals surface area contributed by atoms with E-state index < -0.39 is 0 Å². The van der Waals surface area contributed by atoms with Crippen LogP contribution in [-0.2, 0) is 11.2 Å². The van der Waals surface area contributed by atoms with E-state index in [9.17, 15) is 4.79 Å². The van der Waals surface area contributed by atoms with E-state index in [1.54, 1.807) is 11.3 Å². The fourth-order valence-electron chi connectivity index (χ4n) is 1.69. The van der Waals surface area contributed by atoms with Crippen molar-refractivity contribution in [2.45, 2.75) is 12.8 Å². The molecule has 0 bridgehead atoms. The number of carbonyl (C=O) groups excluding carboxylic acids is 1. The van der Waals surface area contributed by atoms with Gasteiger partial charge in [-0.25, -0.2) is 4.98 Å². The lowest BCUT2D eigenvalue weighted by atomic mass is 10.3. The second-order valence-electron chi connectivity index (χ2n) is 4.17. The fourth-order valence-corrected chi connectivity index (χ4v) is 2.80. The van der Waals surface area contributed by atoms with Crippen LogP contribution < -0.4 is 10.6 Å². The van der Waals surface area contributed by atoms with Gasteiger partial charge in [-0.15, -0.1) is 23.7 Å². The quantitative estimate of drug-likeness (QED) is 0.854. The average Bonchev–Trinajstić information content (AvgIpc) is 2.78. The van der Waals surface area contributed by atoms with Crippen molar-refractivity contribution < 1.29 is 4.79 Å². The van der Waals surface area contributed by atoms with E-state index in [0.717, 1.165) is 21.6 Å². The van der Waals surface area contributed by atoms with E-state index in [1.165, 1.54) is 0 Å². The van der Waals surface area contributed by atoms with E-state index in [0.29, 0.717) is 24.5 Å². The molecule has 1 amide bonds. The maximum Gasteiger partial charge on any atom is 0.221 e. The average molecular weight is 334 g/mol. The molecule has 2 N–H and O–H groups in total. The van der Waals surface area contributed by atoms with Crippen molar-refractivity contribution in [2.24, 2.45) is 0 Å². The minimum absolute atomic E-state index is 0. The number of hydrogen-bond donors (Lipinski definition) is 2. The molecule has 1 heterocycles. The zero-order valence-electron chi connectivity index (χ0n) is 11.1. The maximum absolute atomic E-state index is 11.4. The van der Waals surface area contributed by atoms with Gasteiger partial charge in [0.05, 0.1) is 15.2 Å². The molecule has 1 aromatic carbocycles. The zero-order chi connectivity index (χ0) is 13.7. The van der Waals surface area contributed by atoms with Gasteiger partial charge < -0.3 is 10.6 Å². The number of nitrogens with zero attached hydrogens (tertiary/aromatic N) is 1. The van der Waals surface area contributed by atoms with Crippen LogP contribution in [0.4, 0.5) is 0 Å². The van der Waals surface area contributed by atoms with Crippen LogP contribution in [0.25, 0.3) is 10.2 Å². The molecule has 0 spiro atoms. The lowest BCUT2D eigenvalue weighted by Crippen LogP contribution is -2.28. The van der Waals surface area contributed by atoms with Crippen molar-refractivity contribution in [3.63, 3.8) is 0 Å². The minimum Gasteiger partial charge on any atom is -0.356 e. The first kappa shape index (κ1) is 17.2. The third-order valence-corrected chi connectivity index (χ3v) is 3.99. The number of thiazole rings is 1. The molecule has 0 saturated heterocycles. The number of rotatable bonds is 6. The molecule has 2 aromatic rings. The fraction of sp³-hybridized carbons (Fsp3) is 0.385. The van der Waals surface area contributed by atoms with Gasteiger partial charge in [0.15, 0.2) is 0 Å². The first-order valence-corrected chi connectivity index (χ1v) is 7.35. The molecule has 0 unspecified atom stereocenters. The SMILES string of the molecule is CNCCC(=O)NCCc1nc2cc(Cl)ccc2s1.Cl. The molecule has 4 nitrogen and oxygen atoms in total. The molecule has 20 heavy (non-hydrogen) atoms. The van der Waals surface area contributed by atoms with Gasteiger partial charge in [-0.3, -0.25) is 4.79 Å². The topological polar surface area (TPSA) is 54.0 Å². The first-order valence-electron chi connectivity index (χ1n) is 6.15. The molecule has 0 aliphatic heterocycles. The lowest BCUT2D eigenvalue weighted by Gasteiger charge is -2.02. The molecule has 0 saturated carbocycles. The molecule has 1 aromatic heterocycles. The Hall–Kier alpha value is -0.880. The van der Waals surface area contributed by atoms with Crippen molar-refractivity contribution >= 4 is 51.5 Å². The van der Waals surface area contributed by atoms with E-state index in [4.69, 9.17) is 11.6 Å². The van der Waals surface area contributed by atoms with E-state index in [2.05, 4.69) is 15.6 Å². The van der Waals surface area contributed by atoms with Gasteiger partial charge in [0.2, 0.25) is 5.91 Å². The highest BCUT2D eigenvalue weighted by Gasteiger charge is 2.05. The predicted molar refractivity (Wildman–Crippen MR) is 87.1 cm³/mol. The van der Waals surface area contributed by atoms with Gasteiger partial charge in [0, 0.05) is 31.0 Å². The highest BCUT2D eigenvalue weighted by Crippen LogP contribution is 2.24. The van der Waals surface area contributed by atoms with Crippen molar-refractivity contribution in [1.82, 2.24) is 15.6 Å². The van der Waals surface area contributed by atoms with Gasteiger partial charge in [-0.2, -0.15) is 0 Å². The van der Waals surface area contributed by atoms with Crippen LogP contribution in [0, 0.1) is 0 Å². The summed E-state index contributed by atoms with van der Waals surface area (Å²) in [7, 11) is 1.83. The van der Waals surface area contributed by atoms with Crippen LogP contribution in [0.2, 0.25) is 5.02 Å². The molecule has 0 atom stereocenters. The number of halogens is 2. The summed E-state index contributed by atoms with van der Waals surface area (Å²) in [5.41, 5.74) is 0.925. The number of benzene rings is 1. The largest absolute Gasteiger partial charge is 0.356 e. The first-order chi connectivity index (χ1) is 9.19. The summed E-state index contributed by atoms with van der Waals surface area (Å²) in [6.07, 6.45) is 1.26. The highest BCUT2D eigenvalue weighted by molar-refractivity contribution is 7.18. The Morgan fingerprint density at radius 3 is 2.95 bits per heavy atom. The van der Waals surface area contributed by atoms with Crippen LogP contribution in [0.15, 0.2) is 18.2 Å². The van der Waals surface area contributed by atoms with Gasteiger partial charge in [0.25, 0.3) is 0 Å². The number of hydrogen-bond acceptors (Lipinski definition) is 4. The minimum atomic E-state index is 0. The number of aromatic nitrogens is 1. The monoisotopic (exact) mass is 333 g/mol. The van der Waals surface area contributed by atoms with Crippen LogP contribution in [-0.4, -0.2) is 31.0 Å². The Kier molecular flexibility index (Phi) is 7.23. The summed E-state index contributed by atoms with van der Waals surface area (Å²) in [4.78, 5) is 15.9. The molecule has 0 aliphatic carbocycles. The van der Waals surface area contributed by atoms with Crippen molar-refractivity contribution in [3.8, 4) is 0 Å². The Labute approximate surface area is 133 Å². The summed E-state index contributed by atoms with van der Waals surface area (Å²) in [6, 6.07) is 5.71. The van der Waals surface area contributed by atoms with Crippen molar-refractivity contribution in [1.29, 1.82) is 0 Å². The van der Waals surface area contributed by atoms with E-state index >= 15 is 0 Å². The maximum atomic E-state index is 11.4. The molecule has 0 fully saturated rings. The summed E-state index contributed by atoms with van der Waals surface area (Å²) in [5, 5.41) is 7.55. The summed E-state index contributed by atoms with van der Waals surface area (Å²) < 4.78 is 1.13. The smallest absolute Gasteiger partial charge is 0.221 e. The number of nitrogens with one attached hydrogen (secondary N) is 2.